The molecule has 1 heterocycles. The lowest BCUT2D eigenvalue weighted by Gasteiger charge is -2.00. The van der Waals surface area contributed by atoms with Crippen molar-refractivity contribution in [3.05, 3.63) is 46.1 Å². The van der Waals surface area contributed by atoms with Crippen molar-refractivity contribution in [3.63, 3.8) is 0 Å². The molecule has 0 unspecified atom stereocenters. The van der Waals surface area contributed by atoms with Gasteiger partial charge in [-0.1, -0.05) is 23.7 Å². The Hall–Kier alpha value is -1.99. The van der Waals surface area contributed by atoms with Crippen molar-refractivity contribution in [1.82, 2.24) is 9.78 Å². The van der Waals surface area contributed by atoms with Gasteiger partial charge in [0.1, 0.15) is 17.5 Å². The van der Waals surface area contributed by atoms with Crippen molar-refractivity contribution >= 4 is 17.4 Å². The summed E-state index contributed by atoms with van der Waals surface area (Å²) in [6.07, 6.45) is 1.50. The standard InChI is InChI=1S/C13H13ClN4/c1-18-13(16)11(8-15)12(17-18)7-4-9-2-5-10(14)6-3-9/h2-3,5-6H,4,7,16H2,1H3. The number of nitrogens with two attached hydrogens (primary N) is 1. The molecule has 0 saturated carbocycles. The molecule has 92 valence electrons. The van der Waals surface area contributed by atoms with E-state index in [0.717, 1.165) is 22.7 Å². The summed E-state index contributed by atoms with van der Waals surface area (Å²) in [7, 11) is 1.74. The molecule has 0 aliphatic rings. The van der Waals surface area contributed by atoms with Crippen LogP contribution in [0.25, 0.3) is 0 Å². The number of hydrogen-bond acceptors (Lipinski definition) is 3. The SMILES string of the molecule is Cn1nc(CCc2ccc(Cl)cc2)c(C#N)c1N. The topological polar surface area (TPSA) is 67.6 Å². The van der Waals surface area contributed by atoms with Crippen LogP contribution in [-0.4, -0.2) is 9.78 Å². The monoisotopic (exact) mass is 260 g/mol. The van der Waals surface area contributed by atoms with Gasteiger partial charge in [0.05, 0.1) is 5.69 Å². The van der Waals surface area contributed by atoms with E-state index in [0.29, 0.717) is 17.8 Å². The number of aryl methyl sites for hydroxylation is 3. The predicted molar refractivity (Wildman–Crippen MR) is 71.2 cm³/mol. The molecule has 4 nitrogen and oxygen atoms in total. The second-order valence-corrected chi connectivity index (χ2v) is 4.51. The van der Waals surface area contributed by atoms with Crippen LogP contribution in [0.1, 0.15) is 16.8 Å². The van der Waals surface area contributed by atoms with Gasteiger partial charge in [0.2, 0.25) is 0 Å². The molecule has 0 bridgehead atoms. The van der Waals surface area contributed by atoms with Crippen LogP contribution in [-0.2, 0) is 19.9 Å². The quantitative estimate of drug-likeness (QED) is 0.921. The highest BCUT2D eigenvalue weighted by Gasteiger charge is 2.12. The van der Waals surface area contributed by atoms with E-state index in [-0.39, 0.29) is 0 Å². The lowest BCUT2D eigenvalue weighted by molar-refractivity contribution is 0.745. The van der Waals surface area contributed by atoms with E-state index in [1.165, 1.54) is 4.68 Å². The fraction of sp³-hybridized carbons (Fsp3) is 0.231. The predicted octanol–water partition coefficient (Wildman–Crippen LogP) is 2.31. The normalized spacial score (nSPS) is 10.3. The number of nitriles is 1. The van der Waals surface area contributed by atoms with Crippen LogP contribution in [0.5, 0.6) is 0 Å². The summed E-state index contributed by atoms with van der Waals surface area (Å²) in [6.45, 7) is 0. The Kier molecular flexibility index (Phi) is 3.54. The third-order valence-electron chi connectivity index (χ3n) is 2.84. The Balaban J connectivity index is 2.13. The number of benzene rings is 1. The van der Waals surface area contributed by atoms with E-state index in [9.17, 15) is 0 Å². The molecule has 0 fully saturated rings. The fourth-order valence-corrected chi connectivity index (χ4v) is 1.93. The zero-order valence-corrected chi connectivity index (χ0v) is 10.8. The molecular weight excluding hydrogens is 248 g/mol. The largest absolute Gasteiger partial charge is 0.383 e. The summed E-state index contributed by atoms with van der Waals surface area (Å²) < 4.78 is 1.54. The minimum absolute atomic E-state index is 0.420. The second kappa shape index (κ2) is 5.11. The Labute approximate surface area is 111 Å². The fourth-order valence-electron chi connectivity index (χ4n) is 1.81. The number of hydrogen-bond donors (Lipinski definition) is 1. The molecule has 5 heteroatoms. The van der Waals surface area contributed by atoms with E-state index < -0.39 is 0 Å². The van der Waals surface area contributed by atoms with E-state index in [1.807, 2.05) is 24.3 Å². The van der Waals surface area contributed by atoms with Crippen LogP contribution in [0.3, 0.4) is 0 Å². The number of nitrogen functional groups attached to an aromatic ring is 1. The van der Waals surface area contributed by atoms with Gasteiger partial charge in [-0.15, -0.1) is 0 Å². The van der Waals surface area contributed by atoms with Crippen LogP contribution in [0.4, 0.5) is 5.82 Å². The molecule has 0 amide bonds. The number of anilines is 1. The summed E-state index contributed by atoms with van der Waals surface area (Å²) in [5.74, 6) is 0.420. The average Bonchev–Trinajstić information content (AvgIpc) is 2.64. The van der Waals surface area contributed by atoms with Gasteiger partial charge in [-0.2, -0.15) is 10.4 Å². The number of nitrogens with zero attached hydrogens (tertiary/aromatic N) is 3. The van der Waals surface area contributed by atoms with Gasteiger partial charge in [0.25, 0.3) is 0 Å². The second-order valence-electron chi connectivity index (χ2n) is 4.07. The van der Waals surface area contributed by atoms with Crippen LogP contribution in [0, 0.1) is 11.3 Å². The van der Waals surface area contributed by atoms with Gasteiger partial charge < -0.3 is 5.73 Å². The first kappa shape index (κ1) is 12.5. The van der Waals surface area contributed by atoms with Gasteiger partial charge in [0.15, 0.2) is 0 Å². The zero-order valence-electron chi connectivity index (χ0n) is 10.0. The molecular formula is C13H13ClN4. The molecule has 18 heavy (non-hydrogen) atoms. The van der Waals surface area contributed by atoms with Crippen molar-refractivity contribution in [2.24, 2.45) is 7.05 Å². The van der Waals surface area contributed by atoms with Crippen molar-refractivity contribution in [1.29, 1.82) is 5.26 Å². The van der Waals surface area contributed by atoms with Gasteiger partial charge in [0, 0.05) is 12.1 Å². The Morgan fingerprint density at radius 1 is 1.33 bits per heavy atom. The number of halogens is 1. The first-order chi connectivity index (χ1) is 8.61. The van der Waals surface area contributed by atoms with E-state index in [4.69, 9.17) is 22.6 Å². The average molecular weight is 261 g/mol. The number of aromatic nitrogens is 2. The molecule has 0 atom stereocenters. The first-order valence-electron chi connectivity index (χ1n) is 5.57. The van der Waals surface area contributed by atoms with E-state index in [2.05, 4.69) is 11.2 Å². The maximum absolute atomic E-state index is 9.05. The van der Waals surface area contributed by atoms with Crippen molar-refractivity contribution < 1.29 is 0 Å². The van der Waals surface area contributed by atoms with Crippen LogP contribution in [0.2, 0.25) is 5.02 Å². The highest BCUT2D eigenvalue weighted by Crippen LogP contribution is 2.17. The van der Waals surface area contributed by atoms with Gasteiger partial charge in [-0.05, 0) is 30.5 Å². The smallest absolute Gasteiger partial charge is 0.139 e. The van der Waals surface area contributed by atoms with Gasteiger partial charge in [-0.3, -0.25) is 4.68 Å². The van der Waals surface area contributed by atoms with Gasteiger partial charge >= 0.3 is 0 Å². The minimum Gasteiger partial charge on any atom is -0.383 e. The van der Waals surface area contributed by atoms with Gasteiger partial charge in [-0.25, -0.2) is 0 Å². The highest BCUT2D eigenvalue weighted by molar-refractivity contribution is 6.30. The minimum atomic E-state index is 0.420. The molecule has 2 rings (SSSR count). The van der Waals surface area contributed by atoms with Crippen molar-refractivity contribution in [2.75, 3.05) is 5.73 Å². The summed E-state index contributed by atoms with van der Waals surface area (Å²) in [4.78, 5) is 0. The molecule has 0 spiro atoms. The molecule has 2 N–H and O–H groups in total. The highest BCUT2D eigenvalue weighted by atomic mass is 35.5. The third-order valence-corrected chi connectivity index (χ3v) is 3.09. The lowest BCUT2D eigenvalue weighted by Crippen LogP contribution is -1.98. The third kappa shape index (κ3) is 2.47. The Morgan fingerprint density at radius 3 is 2.61 bits per heavy atom. The molecule has 0 aliphatic heterocycles. The zero-order chi connectivity index (χ0) is 13.1. The first-order valence-corrected chi connectivity index (χ1v) is 5.95. The Bertz CT molecular complexity index is 593. The molecule has 1 aromatic heterocycles. The summed E-state index contributed by atoms with van der Waals surface area (Å²) in [5, 5.41) is 14.0. The Morgan fingerprint density at radius 2 is 2.00 bits per heavy atom. The van der Waals surface area contributed by atoms with Crippen molar-refractivity contribution in [3.8, 4) is 6.07 Å². The van der Waals surface area contributed by atoms with Crippen LogP contribution < -0.4 is 5.73 Å². The van der Waals surface area contributed by atoms with Crippen LogP contribution in [0.15, 0.2) is 24.3 Å². The molecule has 0 saturated heterocycles. The molecule has 0 radical (unpaired) electrons. The number of rotatable bonds is 3. The lowest BCUT2D eigenvalue weighted by atomic mass is 10.1. The van der Waals surface area contributed by atoms with Crippen LogP contribution >= 0.6 is 11.6 Å². The van der Waals surface area contributed by atoms with Crippen molar-refractivity contribution in [2.45, 2.75) is 12.8 Å². The van der Waals surface area contributed by atoms with E-state index >= 15 is 0 Å². The van der Waals surface area contributed by atoms with E-state index in [1.54, 1.807) is 7.05 Å². The molecule has 2 aromatic rings. The maximum atomic E-state index is 9.05. The summed E-state index contributed by atoms with van der Waals surface area (Å²) >= 11 is 5.83. The summed E-state index contributed by atoms with van der Waals surface area (Å²) in [5.41, 5.74) is 8.14. The molecule has 1 aromatic carbocycles. The maximum Gasteiger partial charge on any atom is 0.139 e. The molecule has 0 aliphatic carbocycles. The summed E-state index contributed by atoms with van der Waals surface area (Å²) in [6, 6.07) is 9.76.